The molecule has 1 aromatic heterocycles. The minimum atomic E-state index is 0.0164. The summed E-state index contributed by atoms with van der Waals surface area (Å²) in [5.74, 6) is 1.20. The molecule has 2 aliphatic heterocycles. The molecule has 9 heteroatoms. The van der Waals surface area contributed by atoms with Gasteiger partial charge in [-0.05, 0) is 18.2 Å². The molecule has 3 heterocycles. The van der Waals surface area contributed by atoms with E-state index in [-0.39, 0.29) is 5.91 Å². The molecule has 2 fully saturated rings. The summed E-state index contributed by atoms with van der Waals surface area (Å²) in [6.07, 6.45) is 0. The number of carbonyl (C=O) groups is 1. The monoisotopic (exact) mass is 432 g/mol. The first-order valence-corrected chi connectivity index (χ1v) is 11.1. The molecule has 0 atom stereocenters. The van der Waals surface area contributed by atoms with E-state index in [1.54, 1.807) is 43.8 Å². The molecule has 0 spiro atoms. The Labute approximate surface area is 180 Å². The van der Waals surface area contributed by atoms with Crippen molar-refractivity contribution in [2.45, 2.75) is 6.54 Å². The molecule has 0 saturated carbocycles. The first kappa shape index (κ1) is 20.9. The highest BCUT2D eigenvalue weighted by Crippen LogP contribution is 2.28. The highest BCUT2D eigenvalue weighted by atomic mass is 32.1. The van der Waals surface area contributed by atoms with E-state index in [0.29, 0.717) is 30.2 Å². The molecule has 0 N–H and O–H groups in total. The number of hydrogen-bond acceptors (Lipinski definition) is 8. The molecule has 2 saturated heterocycles. The Morgan fingerprint density at radius 2 is 1.80 bits per heavy atom. The quantitative estimate of drug-likeness (QED) is 0.691. The lowest BCUT2D eigenvalue weighted by Gasteiger charge is -2.34. The fourth-order valence-corrected chi connectivity index (χ4v) is 4.63. The number of nitrogens with zero attached hydrogens (tertiary/aromatic N) is 4. The van der Waals surface area contributed by atoms with Crippen LogP contribution in [0.2, 0.25) is 0 Å². The van der Waals surface area contributed by atoms with Crippen molar-refractivity contribution in [3.05, 3.63) is 34.8 Å². The fraction of sp³-hybridized carbons (Fsp3) is 0.524. The minimum Gasteiger partial charge on any atom is -0.493 e. The third-order valence-electron chi connectivity index (χ3n) is 5.50. The van der Waals surface area contributed by atoms with Crippen molar-refractivity contribution in [2.24, 2.45) is 0 Å². The van der Waals surface area contributed by atoms with Crippen molar-refractivity contribution in [2.75, 3.05) is 71.6 Å². The topological polar surface area (TPSA) is 67.4 Å². The Morgan fingerprint density at radius 1 is 1.07 bits per heavy atom. The number of hydrogen-bond donors (Lipinski definition) is 0. The van der Waals surface area contributed by atoms with Gasteiger partial charge in [0, 0.05) is 56.8 Å². The van der Waals surface area contributed by atoms with Crippen LogP contribution in [0.3, 0.4) is 0 Å². The van der Waals surface area contributed by atoms with E-state index >= 15 is 0 Å². The number of carbonyl (C=O) groups excluding carboxylic acids is 1. The maximum Gasteiger partial charge on any atom is 0.254 e. The number of piperazine rings is 1. The number of aromatic nitrogens is 1. The van der Waals surface area contributed by atoms with Crippen LogP contribution in [0, 0.1) is 0 Å². The van der Waals surface area contributed by atoms with Gasteiger partial charge in [0.1, 0.15) is 0 Å². The number of rotatable bonds is 6. The molecule has 2 aromatic rings. The van der Waals surface area contributed by atoms with Crippen LogP contribution in [0.4, 0.5) is 5.13 Å². The zero-order chi connectivity index (χ0) is 20.9. The molecule has 8 nitrogen and oxygen atoms in total. The number of anilines is 1. The SMILES string of the molecule is COc1ccc(C(=O)N2CCN(c3nc(CN4CCOCC4)cs3)CC2)cc1OC. The highest BCUT2D eigenvalue weighted by Gasteiger charge is 2.25. The van der Waals surface area contributed by atoms with Crippen molar-refractivity contribution < 1.29 is 19.0 Å². The van der Waals surface area contributed by atoms with Gasteiger partial charge < -0.3 is 24.0 Å². The molecular formula is C21H28N4O4S. The van der Waals surface area contributed by atoms with Crippen LogP contribution in [0.1, 0.15) is 16.1 Å². The molecule has 4 rings (SSSR count). The second kappa shape index (κ2) is 9.63. The van der Waals surface area contributed by atoms with Crippen LogP contribution in [0.15, 0.2) is 23.6 Å². The maximum atomic E-state index is 12.9. The fourth-order valence-electron chi connectivity index (χ4n) is 3.76. The zero-order valence-corrected chi connectivity index (χ0v) is 18.3. The molecule has 162 valence electrons. The lowest BCUT2D eigenvalue weighted by Crippen LogP contribution is -2.48. The molecule has 0 bridgehead atoms. The van der Waals surface area contributed by atoms with Crippen LogP contribution in [-0.4, -0.2) is 87.4 Å². The summed E-state index contributed by atoms with van der Waals surface area (Å²) in [6.45, 7) is 7.30. The van der Waals surface area contributed by atoms with E-state index in [2.05, 4.69) is 15.2 Å². The van der Waals surface area contributed by atoms with Gasteiger partial charge >= 0.3 is 0 Å². The van der Waals surface area contributed by atoms with E-state index in [9.17, 15) is 4.79 Å². The molecule has 0 unspecified atom stereocenters. The number of ether oxygens (including phenoxy) is 3. The van der Waals surface area contributed by atoms with Gasteiger partial charge in [-0.3, -0.25) is 9.69 Å². The normalized spacial score (nSPS) is 17.8. The maximum absolute atomic E-state index is 12.9. The Bertz CT molecular complexity index is 860. The van der Waals surface area contributed by atoms with E-state index in [4.69, 9.17) is 19.2 Å². The molecular weight excluding hydrogens is 404 g/mol. The predicted octanol–water partition coefficient (Wildman–Crippen LogP) is 1.95. The lowest BCUT2D eigenvalue weighted by molar-refractivity contribution is 0.0337. The molecule has 0 aliphatic carbocycles. The van der Waals surface area contributed by atoms with Crippen LogP contribution < -0.4 is 14.4 Å². The number of amides is 1. The van der Waals surface area contributed by atoms with E-state index in [1.165, 1.54) is 0 Å². The molecule has 1 aromatic carbocycles. The lowest BCUT2D eigenvalue weighted by atomic mass is 10.1. The van der Waals surface area contributed by atoms with Gasteiger partial charge in [-0.1, -0.05) is 0 Å². The summed E-state index contributed by atoms with van der Waals surface area (Å²) in [4.78, 5) is 24.3. The average molecular weight is 433 g/mol. The Kier molecular flexibility index (Phi) is 6.71. The second-order valence-corrected chi connectivity index (χ2v) is 8.20. The third-order valence-corrected chi connectivity index (χ3v) is 6.45. The van der Waals surface area contributed by atoms with Gasteiger partial charge in [0.15, 0.2) is 16.6 Å². The van der Waals surface area contributed by atoms with Crippen molar-refractivity contribution in [3.63, 3.8) is 0 Å². The van der Waals surface area contributed by atoms with Gasteiger partial charge in [-0.15, -0.1) is 11.3 Å². The largest absolute Gasteiger partial charge is 0.493 e. The smallest absolute Gasteiger partial charge is 0.254 e. The summed E-state index contributed by atoms with van der Waals surface area (Å²) in [5, 5.41) is 3.18. The first-order chi connectivity index (χ1) is 14.7. The second-order valence-electron chi connectivity index (χ2n) is 7.36. The molecule has 30 heavy (non-hydrogen) atoms. The van der Waals surface area contributed by atoms with Crippen molar-refractivity contribution >= 4 is 22.4 Å². The Morgan fingerprint density at radius 3 is 2.50 bits per heavy atom. The molecule has 1 amide bonds. The van der Waals surface area contributed by atoms with E-state index in [0.717, 1.165) is 56.8 Å². The standard InChI is InChI=1S/C21H28N4O4S/c1-27-18-4-3-16(13-19(18)28-2)20(26)24-5-7-25(8-6-24)21-22-17(15-30-21)14-23-9-11-29-12-10-23/h3-4,13,15H,5-12,14H2,1-2H3. The first-order valence-electron chi connectivity index (χ1n) is 10.2. The van der Waals surface area contributed by atoms with Gasteiger partial charge in [0.25, 0.3) is 5.91 Å². The van der Waals surface area contributed by atoms with Crippen molar-refractivity contribution in [1.29, 1.82) is 0 Å². The summed E-state index contributed by atoms with van der Waals surface area (Å²) in [7, 11) is 3.16. The summed E-state index contributed by atoms with van der Waals surface area (Å²) in [5.41, 5.74) is 1.73. The van der Waals surface area contributed by atoms with Gasteiger partial charge in [0.05, 0.1) is 33.1 Å². The van der Waals surface area contributed by atoms with Crippen LogP contribution in [0.25, 0.3) is 0 Å². The summed E-state index contributed by atoms with van der Waals surface area (Å²) in [6, 6.07) is 5.30. The van der Waals surface area contributed by atoms with Crippen LogP contribution in [-0.2, 0) is 11.3 Å². The predicted molar refractivity (Wildman–Crippen MR) is 116 cm³/mol. The van der Waals surface area contributed by atoms with Gasteiger partial charge in [0.2, 0.25) is 0 Å². The molecule has 2 aliphatic rings. The minimum absolute atomic E-state index is 0.0164. The number of morpholine rings is 1. The van der Waals surface area contributed by atoms with Crippen LogP contribution >= 0.6 is 11.3 Å². The highest BCUT2D eigenvalue weighted by molar-refractivity contribution is 7.13. The van der Waals surface area contributed by atoms with Gasteiger partial charge in [-0.25, -0.2) is 4.98 Å². The summed E-state index contributed by atoms with van der Waals surface area (Å²) < 4.78 is 16.0. The van der Waals surface area contributed by atoms with Crippen molar-refractivity contribution in [3.8, 4) is 11.5 Å². The number of methoxy groups -OCH3 is 2. The van der Waals surface area contributed by atoms with E-state index in [1.807, 2.05) is 4.90 Å². The number of benzene rings is 1. The van der Waals surface area contributed by atoms with Gasteiger partial charge in [-0.2, -0.15) is 0 Å². The molecule has 0 radical (unpaired) electrons. The average Bonchev–Trinajstić information content (AvgIpc) is 3.27. The Balaban J connectivity index is 1.33. The Hall–Kier alpha value is -2.36. The van der Waals surface area contributed by atoms with Crippen LogP contribution in [0.5, 0.6) is 11.5 Å². The number of thiazole rings is 1. The third kappa shape index (κ3) is 4.69. The van der Waals surface area contributed by atoms with E-state index < -0.39 is 0 Å². The summed E-state index contributed by atoms with van der Waals surface area (Å²) >= 11 is 1.68. The van der Waals surface area contributed by atoms with Crippen molar-refractivity contribution in [1.82, 2.24) is 14.8 Å². The zero-order valence-electron chi connectivity index (χ0n) is 17.5.